The molecule has 0 amide bonds. The van der Waals surface area contributed by atoms with E-state index >= 15 is 0 Å². The van der Waals surface area contributed by atoms with Gasteiger partial charge in [0.25, 0.3) is 0 Å². The van der Waals surface area contributed by atoms with Crippen molar-refractivity contribution >= 4 is 10.9 Å². The molecule has 0 aliphatic rings. The van der Waals surface area contributed by atoms with E-state index in [0.717, 1.165) is 28.0 Å². The third-order valence-corrected chi connectivity index (χ3v) is 2.31. The van der Waals surface area contributed by atoms with Crippen LogP contribution in [0.1, 0.15) is 18.3 Å². The van der Waals surface area contributed by atoms with E-state index in [-0.39, 0.29) is 0 Å². The van der Waals surface area contributed by atoms with Gasteiger partial charge in [-0.25, -0.2) is 9.97 Å². The number of hydrogen-bond acceptors (Lipinski definition) is 3. The van der Waals surface area contributed by atoms with Crippen LogP contribution in [0.2, 0.25) is 0 Å². The van der Waals surface area contributed by atoms with E-state index < -0.39 is 0 Å². The summed E-state index contributed by atoms with van der Waals surface area (Å²) in [4.78, 5) is 8.59. The zero-order valence-electron chi connectivity index (χ0n) is 9.24. The van der Waals surface area contributed by atoms with E-state index in [4.69, 9.17) is 4.74 Å². The maximum Gasteiger partial charge on any atom is 0.148 e. The molecule has 1 aromatic heterocycles. The van der Waals surface area contributed by atoms with Crippen LogP contribution >= 0.6 is 0 Å². The van der Waals surface area contributed by atoms with Crippen LogP contribution in [0.5, 0.6) is 5.75 Å². The molecule has 1 heterocycles. The number of aromatic nitrogens is 2. The quantitative estimate of drug-likeness (QED) is 0.751. The lowest BCUT2D eigenvalue weighted by Gasteiger charge is -2.09. The van der Waals surface area contributed by atoms with Crippen molar-refractivity contribution in [1.82, 2.24) is 9.97 Å². The Kier molecular flexibility index (Phi) is 2.54. The first-order valence-corrected chi connectivity index (χ1v) is 5.08. The van der Waals surface area contributed by atoms with Crippen molar-refractivity contribution in [3.63, 3.8) is 0 Å². The lowest BCUT2D eigenvalue weighted by atomic mass is 10.1. The summed E-state index contributed by atoms with van der Waals surface area (Å²) < 4.78 is 5.61. The number of nitrogens with zero attached hydrogens (tertiary/aromatic N) is 2. The van der Waals surface area contributed by atoms with Crippen LogP contribution in [0.25, 0.3) is 10.9 Å². The monoisotopic (exact) mass is 202 g/mol. The van der Waals surface area contributed by atoms with Gasteiger partial charge in [-0.15, -0.1) is 0 Å². The second-order valence-corrected chi connectivity index (χ2v) is 3.50. The first-order chi connectivity index (χ1) is 7.22. The molecule has 0 spiro atoms. The van der Waals surface area contributed by atoms with Crippen molar-refractivity contribution in [1.29, 1.82) is 0 Å². The molecule has 3 heteroatoms. The smallest absolute Gasteiger partial charge is 0.148 e. The lowest BCUT2D eigenvalue weighted by molar-refractivity contribution is 0.341. The fourth-order valence-corrected chi connectivity index (χ4v) is 1.59. The Labute approximate surface area is 89.1 Å². The Morgan fingerprint density at radius 1 is 1.27 bits per heavy atom. The highest BCUT2D eigenvalue weighted by molar-refractivity contribution is 5.85. The van der Waals surface area contributed by atoms with Gasteiger partial charge in [-0.3, -0.25) is 0 Å². The van der Waals surface area contributed by atoms with Gasteiger partial charge in [-0.2, -0.15) is 0 Å². The first-order valence-electron chi connectivity index (χ1n) is 5.08. The standard InChI is InChI=1S/C12H14N2O/c1-4-15-12-8(2)5-6-10-7-13-9(3)14-11(10)12/h5-7H,4H2,1-3H3. The number of hydrogen-bond donors (Lipinski definition) is 0. The predicted molar refractivity (Wildman–Crippen MR) is 60.2 cm³/mol. The van der Waals surface area contributed by atoms with E-state index in [2.05, 4.69) is 9.97 Å². The Hall–Kier alpha value is -1.64. The summed E-state index contributed by atoms with van der Waals surface area (Å²) >= 11 is 0. The predicted octanol–water partition coefficient (Wildman–Crippen LogP) is 2.65. The Bertz CT molecular complexity index is 489. The Morgan fingerprint density at radius 2 is 2.07 bits per heavy atom. The van der Waals surface area contributed by atoms with Gasteiger partial charge in [0.1, 0.15) is 17.1 Å². The minimum Gasteiger partial charge on any atom is -0.491 e. The maximum absolute atomic E-state index is 5.61. The molecule has 0 saturated heterocycles. The summed E-state index contributed by atoms with van der Waals surface area (Å²) in [5.74, 6) is 1.65. The van der Waals surface area contributed by atoms with Crippen LogP contribution in [0.15, 0.2) is 18.3 Å². The summed E-state index contributed by atoms with van der Waals surface area (Å²) in [6.45, 7) is 6.55. The molecule has 2 aromatic rings. The minimum atomic E-state index is 0.656. The number of ether oxygens (including phenoxy) is 1. The van der Waals surface area contributed by atoms with Gasteiger partial charge in [-0.1, -0.05) is 12.1 Å². The van der Waals surface area contributed by atoms with Gasteiger partial charge in [-0.05, 0) is 26.3 Å². The molecule has 0 fully saturated rings. The van der Waals surface area contributed by atoms with Crippen LogP contribution < -0.4 is 4.74 Å². The summed E-state index contributed by atoms with van der Waals surface area (Å²) in [6, 6.07) is 4.05. The SMILES string of the molecule is CCOc1c(C)ccc2cnc(C)nc12. The Morgan fingerprint density at radius 3 is 2.80 bits per heavy atom. The van der Waals surface area contributed by atoms with Crippen molar-refractivity contribution in [2.45, 2.75) is 20.8 Å². The van der Waals surface area contributed by atoms with Crippen LogP contribution in [0, 0.1) is 13.8 Å². The van der Waals surface area contributed by atoms with Gasteiger partial charge >= 0.3 is 0 Å². The highest BCUT2D eigenvalue weighted by Crippen LogP contribution is 2.27. The molecule has 0 atom stereocenters. The van der Waals surface area contributed by atoms with Crippen LogP contribution in [-0.4, -0.2) is 16.6 Å². The zero-order chi connectivity index (χ0) is 10.8. The number of aryl methyl sites for hydroxylation is 2. The van der Waals surface area contributed by atoms with Gasteiger partial charge in [0.15, 0.2) is 0 Å². The average Bonchev–Trinajstić information content (AvgIpc) is 2.23. The number of benzene rings is 1. The molecule has 0 bridgehead atoms. The van der Waals surface area contributed by atoms with Gasteiger partial charge in [0.05, 0.1) is 6.61 Å². The molecule has 0 saturated carbocycles. The van der Waals surface area contributed by atoms with Crippen molar-refractivity contribution in [2.24, 2.45) is 0 Å². The van der Waals surface area contributed by atoms with E-state index in [1.165, 1.54) is 0 Å². The fourth-order valence-electron chi connectivity index (χ4n) is 1.59. The largest absolute Gasteiger partial charge is 0.491 e. The molecule has 0 N–H and O–H groups in total. The molecule has 0 unspecified atom stereocenters. The molecule has 15 heavy (non-hydrogen) atoms. The van der Waals surface area contributed by atoms with E-state index in [1.807, 2.05) is 39.1 Å². The lowest BCUT2D eigenvalue weighted by Crippen LogP contribution is -1.98. The Balaban J connectivity index is 2.72. The van der Waals surface area contributed by atoms with Crippen LogP contribution in [-0.2, 0) is 0 Å². The minimum absolute atomic E-state index is 0.656. The molecule has 2 rings (SSSR count). The molecule has 3 nitrogen and oxygen atoms in total. The molecule has 0 radical (unpaired) electrons. The molecule has 1 aromatic carbocycles. The molecule has 0 aliphatic carbocycles. The van der Waals surface area contributed by atoms with E-state index in [1.54, 1.807) is 0 Å². The third-order valence-electron chi connectivity index (χ3n) is 2.31. The van der Waals surface area contributed by atoms with Crippen molar-refractivity contribution in [2.75, 3.05) is 6.61 Å². The third kappa shape index (κ3) is 1.77. The first kappa shape index (κ1) is 9.90. The number of rotatable bonds is 2. The van der Waals surface area contributed by atoms with E-state index in [9.17, 15) is 0 Å². The second kappa shape index (κ2) is 3.85. The second-order valence-electron chi connectivity index (χ2n) is 3.50. The van der Waals surface area contributed by atoms with Crippen molar-refractivity contribution < 1.29 is 4.74 Å². The molecular formula is C12H14N2O. The summed E-state index contributed by atoms with van der Waals surface area (Å²) in [7, 11) is 0. The fraction of sp³-hybridized carbons (Fsp3) is 0.333. The molecule has 0 aliphatic heterocycles. The average molecular weight is 202 g/mol. The highest BCUT2D eigenvalue weighted by Gasteiger charge is 2.07. The van der Waals surface area contributed by atoms with Crippen LogP contribution in [0.4, 0.5) is 0 Å². The normalized spacial score (nSPS) is 10.6. The number of fused-ring (bicyclic) bond motifs is 1. The summed E-state index contributed by atoms with van der Waals surface area (Å²) in [5.41, 5.74) is 2.02. The zero-order valence-corrected chi connectivity index (χ0v) is 9.24. The summed E-state index contributed by atoms with van der Waals surface area (Å²) in [5, 5.41) is 1.02. The molecule has 78 valence electrons. The highest BCUT2D eigenvalue weighted by atomic mass is 16.5. The summed E-state index contributed by atoms with van der Waals surface area (Å²) in [6.07, 6.45) is 1.83. The maximum atomic E-state index is 5.61. The van der Waals surface area contributed by atoms with Crippen molar-refractivity contribution in [3.05, 3.63) is 29.7 Å². The van der Waals surface area contributed by atoms with E-state index in [0.29, 0.717) is 6.61 Å². The molecular weight excluding hydrogens is 188 g/mol. The topological polar surface area (TPSA) is 35.0 Å². The van der Waals surface area contributed by atoms with Gasteiger partial charge in [0, 0.05) is 11.6 Å². The van der Waals surface area contributed by atoms with Gasteiger partial charge < -0.3 is 4.74 Å². The van der Waals surface area contributed by atoms with Crippen LogP contribution in [0.3, 0.4) is 0 Å². The van der Waals surface area contributed by atoms with Crippen molar-refractivity contribution in [3.8, 4) is 5.75 Å². The van der Waals surface area contributed by atoms with Gasteiger partial charge in [0.2, 0.25) is 0 Å².